The van der Waals surface area contributed by atoms with E-state index in [-0.39, 0.29) is 11.9 Å². The number of thiophene rings is 2. The van der Waals surface area contributed by atoms with Crippen LogP contribution in [0.2, 0.25) is 0 Å². The van der Waals surface area contributed by atoms with E-state index in [0.717, 1.165) is 14.0 Å². The Hall–Kier alpha value is -0.930. The molecule has 0 saturated carbocycles. The number of carbonyl (C=O) groups excluding carboxylic acids is 2. The second-order valence-electron chi connectivity index (χ2n) is 4.00. The smallest absolute Gasteiger partial charge is 0.339 e. The molecular weight excluding hydrogens is 423 g/mol. The summed E-state index contributed by atoms with van der Waals surface area (Å²) < 4.78 is 10.3. The van der Waals surface area contributed by atoms with E-state index in [0.29, 0.717) is 11.1 Å². The highest BCUT2D eigenvalue weighted by Gasteiger charge is 2.12. The molecule has 2 rings (SSSR count). The fourth-order valence-electron chi connectivity index (χ4n) is 1.38. The molecule has 0 N–H and O–H groups in total. The molecule has 0 saturated heterocycles. The standard InChI is InChI=1S/C7H7IO2S.C7H8O2S/c1-4-5(7(9)10-2)3-11-6(4)8;1-5-3-10-4-6(5)7(8)9-2/h3H,1-2H3;3-4H,1-2H3. The molecule has 0 aliphatic rings. The first-order valence-corrected chi connectivity index (χ1v) is 8.75. The zero-order valence-corrected chi connectivity index (χ0v) is 15.8. The lowest BCUT2D eigenvalue weighted by Gasteiger charge is -1.95. The maximum Gasteiger partial charge on any atom is 0.339 e. The third-order valence-corrected chi connectivity index (χ3v) is 5.95. The van der Waals surface area contributed by atoms with Gasteiger partial charge in [0.2, 0.25) is 0 Å². The van der Waals surface area contributed by atoms with Crippen LogP contribution in [0.1, 0.15) is 31.8 Å². The summed E-state index contributed by atoms with van der Waals surface area (Å²) in [4.78, 5) is 21.9. The average Bonchev–Trinajstić information content (AvgIpc) is 3.05. The van der Waals surface area contributed by atoms with Crippen molar-refractivity contribution in [2.24, 2.45) is 0 Å². The van der Waals surface area contributed by atoms with Crippen molar-refractivity contribution in [3.8, 4) is 0 Å². The third-order valence-electron chi connectivity index (χ3n) is 2.65. The van der Waals surface area contributed by atoms with E-state index in [2.05, 4.69) is 32.1 Å². The SMILES string of the molecule is COC(=O)c1csc(I)c1C.COC(=O)c1cscc1C. The van der Waals surface area contributed by atoms with Gasteiger partial charge in [-0.2, -0.15) is 11.3 Å². The highest BCUT2D eigenvalue weighted by atomic mass is 127. The van der Waals surface area contributed by atoms with Crippen LogP contribution in [0.5, 0.6) is 0 Å². The van der Waals surface area contributed by atoms with Gasteiger partial charge < -0.3 is 9.47 Å². The van der Waals surface area contributed by atoms with E-state index >= 15 is 0 Å². The zero-order chi connectivity index (χ0) is 16.0. The van der Waals surface area contributed by atoms with Gasteiger partial charge in [-0.3, -0.25) is 0 Å². The number of halogens is 1. The third kappa shape index (κ3) is 4.79. The van der Waals surface area contributed by atoms with E-state index in [1.807, 2.05) is 24.6 Å². The number of hydrogen-bond acceptors (Lipinski definition) is 6. The summed E-state index contributed by atoms with van der Waals surface area (Å²) in [5.41, 5.74) is 3.36. The molecule has 2 aromatic heterocycles. The predicted molar refractivity (Wildman–Crippen MR) is 93.5 cm³/mol. The molecule has 0 radical (unpaired) electrons. The quantitative estimate of drug-likeness (QED) is 0.519. The van der Waals surface area contributed by atoms with Crippen molar-refractivity contribution < 1.29 is 19.1 Å². The molecule has 0 atom stereocenters. The lowest BCUT2D eigenvalue weighted by molar-refractivity contribution is 0.0591. The average molecular weight is 438 g/mol. The number of hydrogen-bond donors (Lipinski definition) is 0. The van der Waals surface area contributed by atoms with Gasteiger partial charge in [-0.15, -0.1) is 11.3 Å². The van der Waals surface area contributed by atoms with Gasteiger partial charge in [0.25, 0.3) is 0 Å². The van der Waals surface area contributed by atoms with Crippen LogP contribution in [0.4, 0.5) is 0 Å². The van der Waals surface area contributed by atoms with E-state index in [9.17, 15) is 9.59 Å². The molecule has 21 heavy (non-hydrogen) atoms. The second-order valence-corrected chi connectivity index (χ2v) is 7.43. The number of carbonyl (C=O) groups is 2. The molecule has 114 valence electrons. The molecular formula is C14H15IO4S2. The van der Waals surface area contributed by atoms with Crippen LogP contribution in [-0.2, 0) is 9.47 Å². The molecule has 2 aromatic rings. The fraction of sp³-hybridized carbons (Fsp3) is 0.286. The Morgan fingerprint density at radius 1 is 1.00 bits per heavy atom. The second kappa shape index (κ2) is 8.50. The summed E-state index contributed by atoms with van der Waals surface area (Å²) in [6, 6.07) is 0. The topological polar surface area (TPSA) is 52.6 Å². The first-order valence-electron chi connectivity index (χ1n) is 5.85. The van der Waals surface area contributed by atoms with Gasteiger partial charge in [0, 0.05) is 10.8 Å². The minimum atomic E-state index is -0.251. The largest absolute Gasteiger partial charge is 0.465 e. The number of aryl methyl sites for hydroxylation is 1. The van der Waals surface area contributed by atoms with Crippen molar-refractivity contribution in [1.82, 2.24) is 0 Å². The van der Waals surface area contributed by atoms with Gasteiger partial charge in [0.15, 0.2) is 0 Å². The molecule has 4 nitrogen and oxygen atoms in total. The molecule has 0 aliphatic carbocycles. The van der Waals surface area contributed by atoms with Gasteiger partial charge >= 0.3 is 11.9 Å². The molecule has 0 unspecified atom stereocenters. The Kier molecular flexibility index (Phi) is 7.33. The van der Waals surface area contributed by atoms with Crippen LogP contribution in [-0.4, -0.2) is 26.2 Å². The summed E-state index contributed by atoms with van der Waals surface area (Å²) in [7, 11) is 2.78. The summed E-state index contributed by atoms with van der Waals surface area (Å²) in [5, 5.41) is 5.54. The first-order chi connectivity index (χ1) is 9.92. The van der Waals surface area contributed by atoms with Crippen molar-refractivity contribution in [3.63, 3.8) is 0 Å². The molecule has 2 heterocycles. The number of esters is 2. The van der Waals surface area contributed by atoms with Crippen molar-refractivity contribution in [1.29, 1.82) is 0 Å². The fourth-order valence-corrected chi connectivity index (χ4v) is 3.65. The van der Waals surface area contributed by atoms with E-state index < -0.39 is 0 Å². The Balaban J connectivity index is 0.000000211. The minimum absolute atomic E-state index is 0.248. The molecule has 0 amide bonds. The minimum Gasteiger partial charge on any atom is -0.465 e. The lowest BCUT2D eigenvalue weighted by atomic mass is 10.2. The highest BCUT2D eigenvalue weighted by Crippen LogP contribution is 2.23. The van der Waals surface area contributed by atoms with E-state index in [1.54, 1.807) is 16.7 Å². The van der Waals surface area contributed by atoms with Crippen molar-refractivity contribution in [2.75, 3.05) is 14.2 Å². The molecule has 0 aromatic carbocycles. The van der Waals surface area contributed by atoms with Crippen LogP contribution in [0.15, 0.2) is 16.1 Å². The molecule has 7 heteroatoms. The van der Waals surface area contributed by atoms with Gasteiger partial charge in [0.05, 0.1) is 28.2 Å². The molecule has 0 fully saturated rings. The number of rotatable bonds is 2. The van der Waals surface area contributed by atoms with E-state index in [4.69, 9.17) is 0 Å². The Bertz CT molecular complexity index is 631. The van der Waals surface area contributed by atoms with Crippen molar-refractivity contribution in [3.05, 3.63) is 41.3 Å². The maximum atomic E-state index is 11.0. The predicted octanol–water partition coefficient (Wildman–Crippen LogP) is 4.29. The van der Waals surface area contributed by atoms with Crippen LogP contribution in [0, 0.1) is 16.7 Å². The van der Waals surface area contributed by atoms with Crippen LogP contribution >= 0.6 is 45.3 Å². The molecule has 0 bridgehead atoms. The van der Waals surface area contributed by atoms with Crippen molar-refractivity contribution in [2.45, 2.75) is 13.8 Å². The van der Waals surface area contributed by atoms with Gasteiger partial charge in [-0.25, -0.2) is 9.59 Å². The van der Waals surface area contributed by atoms with Crippen LogP contribution in [0.3, 0.4) is 0 Å². The maximum absolute atomic E-state index is 11.0. The van der Waals surface area contributed by atoms with E-state index in [1.165, 1.54) is 25.6 Å². The summed E-state index contributed by atoms with van der Waals surface area (Å²) in [6.07, 6.45) is 0. The Morgan fingerprint density at radius 2 is 1.57 bits per heavy atom. The monoisotopic (exact) mass is 438 g/mol. The van der Waals surface area contributed by atoms with Crippen LogP contribution < -0.4 is 0 Å². The Morgan fingerprint density at radius 3 is 1.95 bits per heavy atom. The summed E-state index contributed by atoms with van der Waals surface area (Å²) >= 11 is 5.28. The number of ether oxygens (including phenoxy) is 2. The lowest BCUT2D eigenvalue weighted by Crippen LogP contribution is -2.00. The van der Waals surface area contributed by atoms with Gasteiger partial charge in [0.1, 0.15) is 0 Å². The zero-order valence-electron chi connectivity index (χ0n) is 12.1. The highest BCUT2D eigenvalue weighted by molar-refractivity contribution is 14.1. The molecule has 0 aliphatic heterocycles. The normalized spacial score (nSPS) is 9.57. The first kappa shape index (κ1) is 18.1. The number of methoxy groups -OCH3 is 2. The van der Waals surface area contributed by atoms with Crippen molar-refractivity contribution >= 4 is 57.2 Å². The van der Waals surface area contributed by atoms with Gasteiger partial charge in [-0.1, -0.05) is 0 Å². The summed E-state index contributed by atoms with van der Waals surface area (Å²) in [6.45, 7) is 3.81. The Labute approximate surface area is 145 Å². The van der Waals surface area contributed by atoms with Crippen LogP contribution in [0.25, 0.3) is 0 Å². The summed E-state index contributed by atoms with van der Waals surface area (Å²) in [5.74, 6) is -0.500. The van der Waals surface area contributed by atoms with Gasteiger partial charge in [-0.05, 0) is 52.9 Å². The molecule has 0 spiro atoms.